The topological polar surface area (TPSA) is 124 Å². The van der Waals surface area contributed by atoms with Gasteiger partial charge in [0.1, 0.15) is 29.0 Å². The molecule has 11 heteroatoms. The number of rotatable bonds is 7. The zero-order valence-electron chi connectivity index (χ0n) is 21.3. The van der Waals surface area contributed by atoms with Crippen molar-refractivity contribution in [2.75, 3.05) is 6.61 Å². The first-order valence-corrected chi connectivity index (χ1v) is 13.4. The molecule has 2 atom stereocenters. The van der Waals surface area contributed by atoms with E-state index < -0.39 is 0 Å². The minimum absolute atomic E-state index is 0.0330. The number of amides is 1. The molecule has 5 aromatic rings. The third-order valence-electron chi connectivity index (χ3n) is 6.96. The first kappa shape index (κ1) is 25.0. The van der Waals surface area contributed by atoms with Gasteiger partial charge in [-0.25, -0.2) is 9.97 Å². The second-order valence-corrected chi connectivity index (χ2v) is 9.91. The highest BCUT2D eigenvalue weighted by atomic mass is 35.5. The van der Waals surface area contributed by atoms with Crippen molar-refractivity contribution in [1.29, 1.82) is 0 Å². The number of nitrogens with zero attached hydrogens (tertiary/aromatic N) is 6. The van der Waals surface area contributed by atoms with Gasteiger partial charge in [0.15, 0.2) is 11.6 Å². The average molecular weight is 543 g/mol. The Kier molecular flexibility index (Phi) is 6.93. The molecule has 0 radical (unpaired) electrons. The lowest BCUT2D eigenvalue weighted by atomic mass is 9.90. The van der Waals surface area contributed by atoms with E-state index in [2.05, 4.69) is 35.0 Å². The maximum atomic E-state index is 13.3. The number of nitrogens with one attached hydrogen (secondary N) is 2. The minimum atomic E-state index is -0.191. The molecule has 4 aromatic heterocycles. The van der Waals surface area contributed by atoms with Gasteiger partial charge in [0, 0.05) is 23.3 Å². The van der Waals surface area contributed by atoms with Gasteiger partial charge >= 0.3 is 0 Å². The molecule has 6 rings (SSSR count). The first-order valence-electron chi connectivity index (χ1n) is 13.0. The Balaban J connectivity index is 1.34. The van der Waals surface area contributed by atoms with Gasteiger partial charge in [-0.15, -0.1) is 0 Å². The van der Waals surface area contributed by atoms with Crippen LogP contribution in [0.25, 0.3) is 34.1 Å². The molecule has 198 valence electrons. The Labute approximate surface area is 229 Å². The summed E-state index contributed by atoms with van der Waals surface area (Å²) in [4.78, 5) is 31.7. The molecule has 39 heavy (non-hydrogen) atoms. The summed E-state index contributed by atoms with van der Waals surface area (Å²) in [7, 11) is 0. The van der Waals surface area contributed by atoms with Gasteiger partial charge in [-0.3, -0.25) is 19.9 Å². The van der Waals surface area contributed by atoms with Gasteiger partial charge in [-0.2, -0.15) is 5.10 Å². The van der Waals surface area contributed by atoms with E-state index in [1.807, 2.05) is 31.2 Å². The number of carbonyl (C=O) groups is 1. The summed E-state index contributed by atoms with van der Waals surface area (Å²) < 4.78 is 7.92. The molecular weight excluding hydrogens is 516 g/mol. The van der Waals surface area contributed by atoms with Crippen LogP contribution in [0.5, 0.6) is 5.75 Å². The number of ether oxygens (including phenoxy) is 1. The molecule has 0 bridgehead atoms. The number of hydrogen-bond donors (Lipinski definition) is 2. The number of aromatic amines is 1. The summed E-state index contributed by atoms with van der Waals surface area (Å²) in [6.45, 7) is 2.35. The highest BCUT2D eigenvalue weighted by molar-refractivity contribution is 6.31. The van der Waals surface area contributed by atoms with Crippen molar-refractivity contribution >= 4 is 28.5 Å². The van der Waals surface area contributed by atoms with E-state index in [1.165, 1.54) is 6.33 Å². The lowest BCUT2D eigenvalue weighted by Crippen LogP contribution is -2.39. The summed E-state index contributed by atoms with van der Waals surface area (Å²) in [6.07, 6.45) is 8.49. The van der Waals surface area contributed by atoms with Gasteiger partial charge in [-0.05, 0) is 69.0 Å². The van der Waals surface area contributed by atoms with Crippen LogP contribution < -0.4 is 10.1 Å². The van der Waals surface area contributed by atoms with Crippen LogP contribution in [0.3, 0.4) is 0 Å². The largest absolute Gasteiger partial charge is 0.493 e. The molecule has 0 aliphatic heterocycles. The smallest absolute Gasteiger partial charge is 0.255 e. The third kappa shape index (κ3) is 5.07. The van der Waals surface area contributed by atoms with Crippen LogP contribution in [0.2, 0.25) is 5.02 Å². The monoisotopic (exact) mass is 542 g/mol. The second-order valence-electron chi connectivity index (χ2n) is 9.48. The highest BCUT2D eigenvalue weighted by Crippen LogP contribution is 2.36. The number of H-pyrrole nitrogens is 1. The summed E-state index contributed by atoms with van der Waals surface area (Å²) in [5, 5.41) is 10.6. The van der Waals surface area contributed by atoms with Crippen LogP contribution in [-0.2, 0) is 0 Å². The molecule has 2 N–H and O–H groups in total. The zero-order valence-corrected chi connectivity index (χ0v) is 22.1. The standard InChI is InChI=1S/C28H27ClN8O2/c1-2-39-25-10-9-17(29)12-20(25)28(38)34-18-6-5-7-19(13-18)37-24-14-22(26-32-16-33-36-26)31-15-23(24)35-27(37)21-8-3-4-11-30-21/h3-4,8-12,14-16,18-19H,2,5-7,13H2,1H3,(H,34,38)(H,32,33,36)/t18-,19+/m0/s1. The molecule has 1 amide bonds. The fraction of sp³-hybridized carbons (Fsp3) is 0.286. The second kappa shape index (κ2) is 10.8. The predicted molar refractivity (Wildman–Crippen MR) is 148 cm³/mol. The minimum Gasteiger partial charge on any atom is -0.493 e. The Morgan fingerprint density at radius 2 is 2.08 bits per heavy atom. The predicted octanol–water partition coefficient (Wildman–Crippen LogP) is 5.24. The fourth-order valence-corrected chi connectivity index (χ4v) is 5.43. The van der Waals surface area contributed by atoms with E-state index in [4.69, 9.17) is 21.3 Å². The van der Waals surface area contributed by atoms with Gasteiger partial charge in [0.25, 0.3) is 5.91 Å². The van der Waals surface area contributed by atoms with Gasteiger partial charge in [-0.1, -0.05) is 17.7 Å². The van der Waals surface area contributed by atoms with Gasteiger partial charge < -0.3 is 14.6 Å². The number of imidazole rings is 1. The number of carbonyl (C=O) groups excluding carboxylic acids is 1. The lowest BCUT2D eigenvalue weighted by Gasteiger charge is -2.32. The Hall–Kier alpha value is -4.31. The summed E-state index contributed by atoms with van der Waals surface area (Å²) in [5.74, 6) is 1.69. The Morgan fingerprint density at radius 3 is 2.87 bits per heavy atom. The van der Waals surface area contributed by atoms with Crippen LogP contribution >= 0.6 is 11.6 Å². The molecule has 1 aliphatic carbocycles. The molecule has 0 spiro atoms. The van der Waals surface area contributed by atoms with Crippen molar-refractivity contribution in [2.24, 2.45) is 0 Å². The number of benzene rings is 1. The molecule has 0 unspecified atom stereocenters. The molecule has 1 fully saturated rings. The quantitative estimate of drug-likeness (QED) is 0.288. The van der Waals surface area contributed by atoms with Crippen LogP contribution in [0.1, 0.15) is 49.0 Å². The molecule has 4 heterocycles. The maximum absolute atomic E-state index is 13.3. The van der Waals surface area contributed by atoms with E-state index in [1.54, 1.807) is 30.6 Å². The molecule has 1 saturated carbocycles. The van der Waals surface area contributed by atoms with Crippen LogP contribution in [-0.4, -0.2) is 53.3 Å². The van der Waals surface area contributed by atoms with Crippen LogP contribution in [0.15, 0.2) is 61.2 Å². The average Bonchev–Trinajstić information content (AvgIpc) is 3.63. The normalized spacial score (nSPS) is 17.3. The number of pyridine rings is 2. The molecule has 1 aromatic carbocycles. The Morgan fingerprint density at radius 1 is 1.15 bits per heavy atom. The number of halogens is 1. The van der Waals surface area contributed by atoms with Gasteiger partial charge in [0.05, 0.1) is 23.9 Å². The van der Waals surface area contributed by atoms with Crippen molar-refractivity contribution < 1.29 is 9.53 Å². The van der Waals surface area contributed by atoms with Crippen molar-refractivity contribution in [1.82, 2.24) is 40.0 Å². The molecule has 1 aliphatic rings. The molecular formula is C28H27ClN8O2. The first-order chi connectivity index (χ1) is 19.1. The van der Waals surface area contributed by atoms with E-state index in [0.717, 1.165) is 48.2 Å². The summed E-state index contributed by atoms with van der Waals surface area (Å²) >= 11 is 6.21. The van der Waals surface area contributed by atoms with E-state index in [9.17, 15) is 4.79 Å². The molecule has 0 saturated heterocycles. The Bertz CT molecular complexity index is 1600. The van der Waals surface area contributed by atoms with E-state index in [-0.39, 0.29) is 18.0 Å². The maximum Gasteiger partial charge on any atom is 0.255 e. The van der Waals surface area contributed by atoms with E-state index >= 15 is 0 Å². The highest BCUT2D eigenvalue weighted by Gasteiger charge is 2.29. The zero-order chi connectivity index (χ0) is 26.8. The SMILES string of the molecule is CCOc1ccc(Cl)cc1C(=O)N[C@H]1CCC[C@@H](n2c(-c3ccccn3)nc3cnc(-c4ncn[nH]4)cc32)C1. The third-order valence-corrected chi connectivity index (χ3v) is 7.20. The van der Waals surface area contributed by atoms with Crippen molar-refractivity contribution in [3.8, 4) is 28.8 Å². The molecule has 10 nitrogen and oxygen atoms in total. The fourth-order valence-electron chi connectivity index (χ4n) is 5.26. The van der Waals surface area contributed by atoms with Crippen LogP contribution in [0, 0.1) is 0 Å². The summed E-state index contributed by atoms with van der Waals surface area (Å²) in [5.41, 5.74) is 3.60. The van der Waals surface area contributed by atoms with E-state index in [0.29, 0.717) is 34.5 Å². The van der Waals surface area contributed by atoms with Crippen molar-refractivity contribution in [3.63, 3.8) is 0 Å². The number of fused-ring (bicyclic) bond motifs is 1. The number of hydrogen-bond acceptors (Lipinski definition) is 7. The van der Waals surface area contributed by atoms with Crippen molar-refractivity contribution in [3.05, 3.63) is 71.8 Å². The van der Waals surface area contributed by atoms with Crippen LogP contribution in [0.4, 0.5) is 0 Å². The van der Waals surface area contributed by atoms with Crippen molar-refractivity contribution in [2.45, 2.75) is 44.7 Å². The van der Waals surface area contributed by atoms with Gasteiger partial charge in [0.2, 0.25) is 0 Å². The summed E-state index contributed by atoms with van der Waals surface area (Å²) in [6, 6.07) is 13.0. The number of aromatic nitrogens is 7. The lowest BCUT2D eigenvalue weighted by molar-refractivity contribution is 0.0917.